The molecular formula is C19H20N2O. The molecule has 0 spiro atoms. The summed E-state index contributed by atoms with van der Waals surface area (Å²) in [5.74, 6) is 0.344. The Morgan fingerprint density at radius 1 is 1.09 bits per heavy atom. The standard InChI is InChI=1S/C19H20N2O/c22-19(16-7-1-2-8-16)21-18-10-5-6-15(14-18)11-12-17-9-3-4-13-20-17/h3-6,9-14,16H,1-2,7-8H2,(H,21,22). The van der Waals surface area contributed by atoms with Crippen LogP contribution < -0.4 is 5.32 Å². The Morgan fingerprint density at radius 2 is 1.95 bits per heavy atom. The molecule has 1 aromatic carbocycles. The first-order valence-electron chi connectivity index (χ1n) is 7.81. The number of pyridine rings is 1. The zero-order valence-corrected chi connectivity index (χ0v) is 12.5. The van der Waals surface area contributed by atoms with Crippen molar-refractivity contribution in [3.8, 4) is 0 Å². The molecule has 22 heavy (non-hydrogen) atoms. The molecule has 1 aliphatic rings. The predicted molar refractivity (Wildman–Crippen MR) is 90.2 cm³/mol. The van der Waals surface area contributed by atoms with Crippen molar-refractivity contribution in [1.29, 1.82) is 0 Å². The molecule has 1 fully saturated rings. The van der Waals surface area contributed by atoms with Gasteiger partial charge >= 0.3 is 0 Å². The largest absolute Gasteiger partial charge is 0.326 e. The molecule has 0 radical (unpaired) electrons. The summed E-state index contributed by atoms with van der Waals surface area (Å²) in [4.78, 5) is 16.4. The van der Waals surface area contributed by atoms with Gasteiger partial charge in [0.05, 0.1) is 5.69 Å². The fourth-order valence-corrected chi connectivity index (χ4v) is 2.81. The number of nitrogens with zero attached hydrogens (tertiary/aromatic N) is 1. The molecule has 0 bridgehead atoms. The molecule has 1 aliphatic carbocycles. The minimum absolute atomic E-state index is 0.156. The van der Waals surface area contributed by atoms with E-state index in [-0.39, 0.29) is 11.8 Å². The van der Waals surface area contributed by atoms with E-state index in [0.717, 1.165) is 29.8 Å². The van der Waals surface area contributed by atoms with E-state index in [4.69, 9.17) is 0 Å². The molecule has 0 aliphatic heterocycles. The summed E-state index contributed by atoms with van der Waals surface area (Å²) >= 11 is 0. The molecule has 3 heteroatoms. The van der Waals surface area contributed by atoms with Crippen molar-refractivity contribution in [3.05, 3.63) is 59.9 Å². The third kappa shape index (κ3) is 3.82. The average molecular weight is 292 g/mol. The summed E-state index contributed by atoms with van der Waals surface area (Å²) in [6, 6.07) is 13.7. The van der Waals surface area contributed by atoms with Crippen molar-refractivity contribution in [1.82, 2.24) is 4.98 Å². The van der Waals surface area contributed by atoms with Crippen molar-refractivity contribution in [2.45, 2.75) is 25.7 Å². The van der Waals surface area contributed by atoms with Crippen molar-refractivity contribution in [2.75, 3.05) is 5.32 Å². The zero-order valence-electron chi connectivity index (χ0n) is 12.5. The first-order valence-corrected chi connectivity index (χ1v) is 7.81. The highest BCUT2D eigenvalue weighted by Gasteiger charge is 2.22. The number of carbonyl (C=O) groups is 1. The Bertz CT molecular complexity index is 658. The number of nitrogens with one attached hydrogen (secondary N) is 1. The summed E-state index contributed by atoms with van der Waals surface area (Å²) in [6.07, 6.45) is 10.1. The van der Waals surface area contributed by atoms with Crippen LogP contribution in [0, 0.1) is 5.92 Å². The Kier molecular flexibility index (Phi) is 4.64. The van der Waals surface area contributed by atoms with Gasteiger partial charge in [0, 0.05) is 17.8 Å². The maximum atomic E-state index is 12.2. The molecule has 3 nitrogen and oxygen atoms in total. The zero-order chi connectivity index (χ0) is 15.2. The van der Waals surface area contributed by atoms with Gasteiger partial charge in [-0.1, -0.05) is 37.1 Å². The van der Waals surface area contributed by atoms with Gasteiger partial charge in [-0.15, -0.1) is 0 Å². The quantitative estimate of drug-likeness (QED) is 0.908. The molecule has 1 amide bonds. The Morgan fingerprint density at radius 3 is 2.73 bits per heavy atom. The minimum atomic E-state index is 0.156. The monoisotopic (exact) mass is 292 g/mol. The molecule has 1 saturated carbocycles. The van der Waals surface area contributed by atoms with E-state index in [1.165, 1.54) is 12.8 Å². The lowest BCUT2D eigenvalue weighted by atomic mass is 10.1. The van der Waals surface area contributed by atoms with E-state index in [1.807, 2.05) is 54.6 Å². The number of hydrogen-bond acceptors (Lipinski definition) is 2. The number of rotatable bonds is 4. The van der Waals surface area contributed by atoms with Gasteiger partial charge < -0.3 is 5.32 Å². The Hall–Kier alpha value is -2.42. The molecule has 1 heterocycles. The van der Waals surface area contributed by atoms with Crippen LogP contribution in [0.5, 0.6) is 0 Å². The highest BCUT2D eigenvalue weighted by Crippen LogP contribution is 2.26. The predicted octanol–water partition coefficient (Wildman–Crippen LogP) is 4.38. The molecule has 112 valence electrons. The molecule has 2 aromatic rings. The number of benzene rings is 1. The molecular weight excluding hydrogens is 272 g/mol. The first kappa shape index (κ1) is 14.5. The number of carbonyl (C=O) groups excluding carboxylic acids is 1. The minimum Gasteiger partial charge on any atom is -0.326 e. The van der Waals surface area contributed by atoms with Gasteiger partial charge in [0.1, 0.15) is 0 Å². The second kappa shape index (κ2) is 7.03. The summed E-state index contributed by atoms with van der Waals surface area (Å²) in [6.45, 7) is 0. The smallest absolute Gasteiger partial charge is 0.227 e. The van der Waals surface area contributed by atoms with E-state index in [1.54, 1.807) is 6.20 Å². The van der Waals surface area contributed by atoms with Gasteiger partial charge in [-0.3, -0.25) is 9.78 Å². The number of amides is 1. The highest BCUT2D eigenvalue weighted by molar-refractivity contribution is 5.93. The molecule has 0 saturated heterocycles. The van der Waals surface area contributed by atoms with Crippen LogP contribution in [0.3, 0.4) is 0 Å². The lowest BCUT2D eigenvalue weighted by Crippen LogP contribution is -2.20. The third-order valence-electron chi connectivity index (χ3n) is 4.01. The molecule has 0 unspecified atom stereocenters. The number of anilines is 1. The number of aromatic nitrogens is 1. The first-order chi connectivity index (χ1) is 10.8. The lowest BCUT2D eigenvalue weighted by molar-refractivity contribution is -0.119. The Balaban J connectivity index is 1.67. The van der Waals surface area contributed by atoms with Gasteiger partial charge in [-0.2, -0.15) is 0 Å². The average Bonchev–Trinajstić information content (AvgIpc) is 3.09. The topological polar surface area (TPSA) is 42.0 Å². The van der Waals surface area contributed by atoms with Crippen molar-refractivity contribution in [2.24, 2.45) is 5.92 Å². The fourth-order valence-electron chi connectivity index (χ4n) is 2.81. The van der Waals surface area contributed by atoms with Gasteiger partial charge in [-0.25, -0.2) is 0 Å². The van der Waals surface area contributed by atoms with Crippen LogP contribution in [0.1, 0.15) is 36.9 Å². The van der Waals surface area contributed by atoms with Crippen LogP contribution >= 0.6 is 0 Å². The molecule has 0 atom stereocenters. The van der Waals surface area contributed by atoms with Crippen LogP contribution in [-0.4, -0.2) is 10.9 Å². The SMILES string of the molecule is O=C(Nc1cccc(C=Cc2ccccn2)c1)C1CCCC1. The molecule has 1 N–H and O–H groups in total. The van der Waals surface area contributed by atoms with E-state index in [9.17, 15) is 4.79 Å². The van der Waals surface area contributed by atoms with Gasteiger partial charge in [0.25, 0.3) is 0 Å². The highest BCUT2D eigenvalue weighted by atomic mass is 16.1. The van der Waals surface area contributed by atoms with Crippen molar-refractivity contribution in [3.63, 3.8) is 0 Å². The fraction of sp³-hybridized carbons (Fsp3) is 0.263. The van der Waals surface area contributed by atoms with Gasteiger partial charge in [-0.05, 0) is 48.7 Å². The van der Waals surface area contributed by atoms with Crippen LogP contribution in [0.4, 0.5) is 5.69 Å². The molecule has 3 rings (SSSR count). The van der Waals surface area contributed by atoms with Gasteiger partial charge in [0.15, 0.2) is 0 Å². The summed E-state index contributed by atoms with van der Waals surface area (Å²) in [5, 5.41) is 3.03. The van der Waals surface area contributed by atoms with Crippen molar-refractivity contribution < 1.29 is 4.79 Å². The van der Waals surface area contributed by atoms with Gasteiger partial charge in [0.2, 0.25) is 5.91 Å². The summed E-state index contributed by atoms with van der Waals surface area (Å²) < 4.78 is 0. The normalized spacial score (nSPS) is 15.3. The maximum absolute atomic E-state index is 12.2. The molecule has 1 aromatic heterocycles. The second-order valence-electron chi connectivity index (χ2n) is 5.68. The van der Waals surface area contributed by atoms with Crippen molar-refractivity contribution >= 4 is 23.7 Å². The van der Waals surface area contributed by atoms with Crippen LogP contribution in [0.25, 0.3) is 12.2 Å². The summed E-state index contributed by atoms with van der Waals surface area (Å²) in [5.41, 5.74) is 2.83. The van der Waals surface area contributed by atoms with E-state index < -0.39 is 0 Å². The van der Waals surface area contributed by atoms with Crippen LogP contribution in [0.15, 0.2) is 48.7 Å². The maximum Gasteiger partial charge on any atom is 0.227 e. The van der Waals surface area contributed by atoms with Crippen LogP contribution in [0.2, 0.25) is 0 Å². The number of hydrogen-bond donors (Lipinski definition) is 1. The summed E-state index contributed by atoms with van der Waals surface area (Å²) in [7, 11) is 0. The lowest BCUT2D eigenvalue weighted by Gasteiger charge is -2.10. The second-order valence-corrected chi connectivity index (χ2v) is 5.68. The third-order valence-corrected chi connectivity index (χ3v) is 4.01. The van der Waals surface area contributed by atoms with Crippen LogP contribution in [-0.2, 0) is 4.79 Å². The Labute approximate surface area is 131 Å². The van der Waals surface area contributed by atoms with E-state index >= 15 is 0 Å². The van der Waals surface area contributed by atoms with E-state index in [2.05, 4.69) is 10.3 Å². The van der Waals surface area contributed by atoms with E-state index in [0.29, 0.717) is 0 Å².